The third-order valence-electron chi connectivity index (χ3n) is 2.89. The van der Waals surface area contributed by atoms with Gasteiger partial charge in [0.2, 0.25) is 0 Å². The molecule has 1 aromatic carbocycles. The molecular weight excluding hydrogens is 202 g/mol. The van der Waals surface area contributed by atoms with Gasteiger partial charge >= 0.3 is 0 Å². The standard InChI is InChI=1S/C13H17NO2/c1-8(2)7-10-12-9(13(15)14-10)5-4-6-11(12)16-3/h4-6,8,10H,7H2,1-3H3,(H,14,15). The van der Waals surface area contributed by atoms with Crippen molar-refractivity contribution >= 4 is 5.91 Å². The highest BCUT2D eigenvalue weighted by molar-refractivity contribution is 6.00. The molecule has 2 rings (SSSR count). The van der Waals surface area contributed by atoms with Crippen LogP contribution in [-0.4, -0.2) is 13.0 Å². The van der Waals surface area contributed by atoms with Crippen molar-refractivity contribution in [3.63, 3.8) is 0 Å². The molecule has 1 atom stereocenters. The van der Waals surface area contributed by atoms with Crippen LogP contribution in [0.15, 0.2) is 18.2 Å². The smallest absolute Gasteiger partial charge is 0.252 e. The monoisotopic (exact) mass is 219 g/mol. The fraction of sp³-hybridized carbons (Fsp3) is 0.462. The molecule has 1 heterocycles. The molecule has 1 unspecified atom stereocenters. The van der Waals surface area contributed by atoms with E-state index in [4.69, 9.17) is 4.74 Å². The van der Waals surface area contributed by atoms with Gasteiger partial charge in [0.1, 0.15) is 5.75 Å². The van der Waals surface area contributed by atoms with Crippen molar-refractivity contribution in [3.8, 4) is 5.75 Å². The number of methoxy groups -OCH3 is 1. The summed E-state index contributed by atoms with van der Waals surface area (Å²) in [7, 11) is 1.64. The normalized spacial score (nSPS) is 18.5. The Labute approximate surface area is 95.8 Å². The third-order valence-corrected chi connectivity index (χ3v) is 2.89. The summed E-state index contributed by atoms with van der Waals surface area (Å²) in [6.07, 6.45) is 0.944. The lowest BCUT2D eigenvalue weighted by molar-refractivity contribution is 0.0953. The van der Waals surface area contributed by atoms with Crippen molar-refractivity contribution in [3.05, 3.63) is 29.3 Å². The van der Waals surface area contributed by atoms with E-state index < -0.39 is 0 Å². The van der Waals surface area contributed by atoms with Crippen LogP contribution in [0.1, 0.15) is 42.2 Å². The van der Waals surface area contributed by atoms with Crippen LogP contribution in [0.3, 0.4) is 0 Å². The lowest BCUT2D eigenvalue weighted by Gasteiger charge is -2.16. The highest BCUT2D eigenvalue weighted by Gasteiger charge is 2.31. The van der Waals surface area contributed by atoms with Crippen LogP contribution in [0.25, 0.3) is 0 Å². The molecule has 1 aromatic rings. The number of amides is 1. The van der Waals surface area contributed by atoms with Gasteiger partial charge in [-0.05, 0) is 24.5 Å². The summed E-state index contributed by atoms with van der Waals surface area (Å²) >= 11 is 0. The second kappa shape index (κ2) is 4.16. The van der Waals surface area contributed by atoms with Crippen LogP contribution in [0.5, 0.6) is 5.75 Å². The van der Waals surface area contributed by atoms with E-state index in [-0.39, 0.29) is 11.9 Å². The number of rotatable bonds is 3. The minimum atomic E-state index is 0.0135. The van der Waals surface area contributed by atoms with Gasteiger partial charge in [-0.3, -0.25) is 4.79 Å². The fourth-order valence-electron chi connectivity index (χ4n) is 2.24. The molecule has 86 valence electrons. The zero-order valence-electron chi connectivity index (χ0n) is 9.91. The molecule has 0 bridgehead atoms. The Balaban J connectivity index is 2.42. The van der Waals surface area contributed by atoms with Gasteiger partial charge < -0.3 is 10.1 Å². The van der Waals surface area contributed by atoms with Crippen LogP contribution in [0.4, 0.5) is 0 Å². The number of fused-ring (bicyclic) bond motifs is 1. The van der Waals surface area contributed by atoms with E-state index in [1.165, 1.54) is 0 Å². The van der Waals surface area contributed by atoms with E-state index in [2.05, 4.69) is 19.2 Å². The first kappa shape index (κ1) is 11.0. The molecule has 3 heteroatoms. The molecule has 0 saturated heterocycles. The van der Waals surface area contributed by atoms with Crippen molar-refractivity contribution in [2.75, 3.05) is 7.11 Å². The molecule has 3 nitrogen and oxygen atoms in total. The summed E-state index contributed by atoms with van der Waals surface area (Å²) in [5.74, 6) is 1.36. The van der Waals surface area contributed by atoms with Crippen molar-refractivity contribution in [2.24, 2.45) is 5.92 Å². The zero-order valence-corrected chi connectivity index (χ0v) is 9.91. The maximum absolute atomic E-state index is 11.8. The lowest BCUT2D eigenvalue weighted by Crippen LogP contribution is -2.20. The molecule has 0 radical (unpaired) electrons. The zero-order chi connectivity index (χ0) is 11.7. The highest BCUT2D eigenvalue weighted by atomic mass is 16.5. The summed E-state index contributed by atoms with van der Waals surface area (Å²) in [5.41, 5.74) is 1.77. The van der Waals surface area contributed by atoms with Gasteiger partial charge in [0.05, 0.1) is 13.2 Å². The number of nitrogens with one attached hydrogen (secondary N) is 1. The lowest BCUT2D eigenvalue weighted by atomic mass is 9.96. The number of hydrogen-bond donors (Lipinski definition) is 1. The van der Waals surface area contributed by atoms with Crippen molar-refractivity contribution in [2.45, 2.75) is 26.3 Å². The Kier molecular flexibility index (Phi) is 2.86. The molecule has 0 aliphatic carbocycles. The van der Waals surface area contributed by atoms with Crippen LogP contribution in [0.2, 0.25) is 0 Å². The van der Waals surface area contributed by atoms with E-state index in [0.29, 0.717) is 5.92 Å². The van der Waals surface area contributed by atoms with E-state index in [1.54, 1.807) is 7.11 Å². The van der Waals surface area contributed by atoms with Gasteiger partial charge in [-0.2, -0.15) is 0 Å². The van der Waals surface area contributed by atoms with Gasteiger partial charge in [-0.15, -0.1) is 0 Å². The molecule has 1 N–H and O–H groups in total. The topological polar surface area (TPSA) is 38.3 Å². The number of ether oxygens (including phenoxy) is 1. The number of hydrogen-bond acceptors (Lipinski definition) is 2. The molecule has 0 fully saturated rings. The Morgan fingerprint density at radius 2 is 2.19 bits per heavy atom. The molecule has 1 amide bonds. The van der Waals surface area contributed by atoms with E-state index in [0.717, 1.165) is 23.3 Å². The fourth-order valence-corrected chi connectivity index (χ4v) is 2.24. The maximum Gasteiger partial charge on any atom is 0.252 e. The molecule has 0 saturated carbocycles. The van der Waals surface area contributed by atoms with Crippen LogP contribution in [0, 0.1) is 5.92 Å². The van der Waals surface area contributed by atoms with Gasteiger partial charge in [-0.1, -0.05) is 19.9 Å². The molecular formula is C13H17NO2. The molecule has 1 aliphatic rings. The molecule has 0 aromatic heterocycles. The Bertz CT molecular complexity index is 412. The minimum absolute atomic E-state index is 0.0135. The number of carbonyl (C=O) groups is 1. The molecule has 1 aliphatic heterocycles. The number of carbonyl (C=O) groups excluding carboxylic acids is 1. The predicted molar refractivity (Wildman–Crippen MR) is 62.7 cm³/mol. The van der Waals surface area contributed by atoms with Crippen molar-refractivity contribution < 1.29 is 9.53 Å². The van der Waals surface area contributed by atoms with Gasteiger partial charge in [0.25, 0.3) is 5.91 Å². The summed E-state index contributed by atoms with van der Waals surface area (Å²) in [4.78, 5) is 11.8. The van der Waals surface area contributed by atoms with Gasteiger partial charge in [-0.25, -0.2) is 0 Å². The highest BCUT2D eigenvalue weighted by Crippen LogP contribution is 2.36. The first-order valence-electron chi connectivity index (χ1n) is 5.61. The number of benzene rings is 1. The SMILES string of the molecule is COc1cccc2c1C(CC(C)C)NC2=O. The first-order chi connectivity index (χ1) is 7.63. The summed E-state index contributed by atoms with van der Waals surface area (Å²) in [5, 5.41) is 3.01. The third kappa shape index (κ3) is 1.77. The minimum Gasteiger partial charge on any atom is -0.496 e. The van der Waals surface area contributed by atoms with Crippen molar-refractivity contribution in [1.29, 1.82) is 0 Å². The average molecular weight is 219 g/mol. The van der Waals surface area contributed by atoms with Crippen LogP contribution < -0.4 is 10.1 Å². The van der Waals surface area contributed by atoms with E-state index in [9.17, 15) is 4.79 Å². The van der Waals surface area contributed by atoms with Gasteiger partial charge in [0, 0.05) is 11.1 Å². The van der Waals surface area contributed by atoms with Gasteiger partial charge in [0.15, 0.2) is 0 Å². The summed E-state index contributed by atoms with van der Waals surface area (Å²) in [6, 6.07) is 5.72. The maximum atomic E-state index is 11.8. The van der Waals surface area contributed by atoms with E-state index in [1.807, 2.05) is 18.2 Å². The molecule has 16 heavy (non-hydrogen) atoms. The quantitative estimate of drug-likeness (QED) is 0.848. The van der Waals surface area contributed by atoms with Crippen molar-refractivity contribution in [1.82, 2.24) is 5.32 Å². The second-order valence-electron chi connectivity index (χ2n) is 4.58. The second-order valence-corrected chi connectivity index (χ2v) is 4.58. The summed E-state index contributed by atoms with van der Waals surface area (Å²) in [6.45, 7) is 4.30. The Morgan fingerprint density at radius 1 is 1.44 bits per heavy atom. The molecule has 0 spiro atoms. The Morgan fingerprint density at radius 3 is 2.81 bits per heavy atom. The predicted octanol–water partition coefficient (Wildman–Crippen LogP) is 2.53. The van der Waals surface area contributed by atoms with Crippen LogP contribution >= 0.6 is 0 Å². The summed E-state index contributed by atoms with van der Waals surface area (Å²) < 4.78 is 5.32. The van der Waals surface area contributed by atoms with E-state index >= 15 is 0 Å². The first-order valence-corrected chi connectivity index (χ1v) is 5.61. The average Bonchev–Trinajstić information content (AvgIpc) is 2.55. The largest absolute Gasteiger partial charge is 0.496 e. The Hall–Kier alpha value is -1.51. The van der Waals surface area contributed by atoms with Crippen LogP contribution in [-0.2, 0) is 0 Å².